The Hall–Kier alpha value is -0.810. The van der Waals surface area contributed by atoms with Gasteiger partial charge in [-0.2, -0.15) is 0 Å². The Morgan fingerprint density at radius 1 is 1.37 bits per heavy atom. The SMILES string of the molecule is Nc1nc2c(Br)cc(OC34CCC(CC3)C4)cc2s1. The van der Waals surface area contributed by atoms with Gasteiger partial charge in [0, 0.05) is 4.47 Å². The average Bonchev–Trinajstić information content (AvgIpc) is 3.02. The predicted molar refractivity (Wildman–Crippen MR) is 81.7 cm³/mol. The number of thiazole rings is 1. The van der Waals surface area contributed by atoms with Crippen LogP contribution in [0.5, 0.6) is 5.75 Å². The number of rotatable bonds is 2. The van der Waals surface area contributed by atoms with Crippen molar-refractivity contribution in [1.29, 1.82) is 0 Å². The molecule has 0 radical (unpaired) electrons. The number of halogens is 1. The van der Waals surface area contributed by atoms with Crippen molar-refractivity contribution >= 4 is 42.6 Å². The van der Waals surface area contributed by atoms with Gasteiger partial charge in [-0.05, 0) is 66.1 Å². The fourth-order valence-corrected chi connectivity index (χ4v) is 5.02. The van der Waals surface area contributed by atoms with Crippen LogP contribution in [0.25, 0.3) is 10.2 Å². The molecule has 0 saturated heterocycles. The van der Waals surface area contributed by atoms with Crippen LogP contribution in [0.15, 0.2) is 16.6 Å². The van der Waals surface area contributed by atoms with Crippen molar-refractivity contribution in [3.63, 3.8) is 0 Å². The van der Waals surface area contributed by atoms with Gasteiger partial charge in [-0.25, -0.2) is 4.98 Å². The third-order valence-corrected chi connectivity index (χ3v) is 5.89. The molecule has 2 aliphatic carbocycles. The average molecular weight is 339 g/mol. The monoisotopic (exact) mass is 338 g/mol. The summed E-state index contributed by atoms with van der Waals surface area (Å²) in [6.45, 7) is 0. The summed E-state index contributed by atoms with van der Waals surface area (Å²) < 4.78 is 8.42. The summed E-state index contributed by atoms with van der Waals surface area (Å²) >= 11 is 5.08. The summed E-state index contributed by atoms with van der Waals surface area (Å²) in [5, 5.41) is 0.604. The van der Waals surface area contributed by atoms with Gasteiger partial charge in [0.25, 0.3) is 0 Å². The highest BCUT2D eigenvalue weighted by atomic mass is 79.9. The van der Waals surface area contributed by atoms with Crippen LogP contribution in [0.3, 0.4) is 0 Å². The van der Waals surface area contributed by atoms with Gasteiger partial charge in [-0.15, -0.1) is 0 Å². The van der Waals surface area contributed by atoms with Gasteiger partial charge in [0.15, 0.2) is 5.13 Å². The molecule has 100 valence electrons. The number of anilines is 1. The molecular weight excluding hydrogens is 324 g/mol. The third kappa shape index (κ3) is 1.94. The number of fused-ring (bicyclic) bond motifs is 3. The lowest BCUT2D eigenvalue weighted by atomic mass is 9.97. The molecule has 0 atom stereocenters. The van der Waals surface area contributed by atoms with Gasteiger partial charge >= 0.3 is 0 Å². The number of benzene rings is 1. The number of aromatic nitrogens is 1. The highest BCUT2D eigenvalue weighted by Gasteiger charge is 2.46. The van der Waals surface area contributed by atoms with Crippen LogP contribution >= 0.6 is 27.3 Å². The summed E-state index contributed by atoms with van der Waals surface area (Å²) in [5.74, 6) is 1.84. The minimum Gasteiger partial charge on any atom is -0.487 e. The van der Waals surface area contributed by atoms with Crippen molar-refractivity contribution in [2.24, 2.45) is 5.92 Å². The van der Waals surface area contributed by atoms with Crippen molar-refractivity contribution in [2.45, 2.75) is 37.7 Å². The van der Waals surface area contributed by atoms with Crippen LogP contribution in [0, 0.1) is 5.92 Å². The highest BCUT2D eigenvalue weighted by Crippen LogP contribution is 2.50. The molecule has 0 aliphatic heterocycles. The Bertz CT molecular complexity index is 646. The van der Waals surface area contributed by atoms with Gasteiger partial charge in [0.1, 0.15) is 11.4 Å². The van der Waals surface area contributed by atoms with E-state index < -0.39 is 0 Å². The Morgan fingerprint density at radius 3 is 2.84 bits per heavy atom. The van der Waals surface area contributed by atoms with E-state index in [4.69, 9.17) is 10.5 Å². The summed E-state index contributed by atoms with van der Waals surface area (Å²) in [6, 6.07) is 4.11. The van der Waals surface area contributed by atoms with E-state index >= 15 is 0 Å². The van der Waals surface area contributed by atoms with Crippen LogP contribution in [0.1, 0.15) is 32.1 Å². The van der Waals surface area contributed by atoms with Crippen LogP contribution in [-0.4, -0.2) is 10.6 Å². The first-order chi connectivity index (χ1) is 9.13. The maximum Gasteiger partial charge on any atom is 0.181 e. The molecule has 0 spiro atoms. The molecule has 2 N–H and O–H groups in total. The van der Waals surface area contributed by atoms with Crippen LogP contribution in [0.2, 0.25) is 0 Å². The number of nitrogens with two attached hydrogens (primary N) is 1. The van der Waals surface area contributed by atoms with Crippen molar-refractivity contribution in [3.8, 4) is 5.75 Å². The van der Waals surface area contributed by atoms with E-state index in [1.807, 2.05) is 6.07 Å². The first kappa shape index (κ1) is 12.0. The third-order valence-electron chi connectivity index (χ3n) is 4.45. The molecule has 3 nitrogen and oxygen atoms in total. The van der Waals surface area contributed by atoms with Crippen molar-refractivity contribution in [3.05, 3.63) is 16.6 Å². The second-order valence-electron chi connectivity index (χ2n) is 5.74. The van der Waals surface area contributed by atoms with E-state index in [1.54, 1.807) is 0 Å². The molecular formula is C14H15BrN2OS. The van der Waals surface area contributed by atoms with Gasteiger partial charge in [0.2, 0.25) is 0 Å². The fourth-order valence-electron chi connectivity index (χ4n) is 3.57. The summed E-state index contributed by atoms with van der Waals surface area (Å²) in [6.07, 6.45) is 6.30. The Balaban J connectivity index is 1.71. The van der Waals surface area contributed by atoms with Gasteiger partial charge in [-0.3, -0.25) is 0 Å². The fraction of sp³-hybridized carbons (Fsp3) is 0.500. The zero-order valence-electron chi connectivity index (χ0n) is 10.5. The number of hydrogen-bond donors (Lipinski definition) is 1. The van der Waals surface area contributed by atoms with Gasteiger partial charge < -0.3 is 10.5 Å². The molecule has 2 aliphatic rings. The standard InChI is InChI=1S/C14H15BrN2OS/c15-10-5-9(6-11-12(10)17-13(16)19-11)18-14-3-1-8(7-14)2-4-14/h5-6,8H,1-4,7H2,(H2,16,17). The first-order valence-electron chi connectivity index (χ1n) is 6.68. The lowest BCUT2D eigenvalue weighted by Crippen LogP contribution is -2.30. The molecule has 1 aromatic carbocycles. The van der Waals surface area contributed by atoms with E-state index in [0.717, 1.165) is 26.4 Å². The smallest absolute Gasteiger partial charge is 0.181 e. The number of hydrogen-bond acceptors (Lipinski definition) is 4. The van der Waals surface area contributed by atoms with E-state index in [2.05, 4.69) is 27.0 Å². The molecule has 1 aromatic heterocycles. The maximum absolute atomic E-state index is 6.36. The van der Waals surface area contributed by atoms with Gasteiger partial charge in [-0.1, -0.05) is 11.3 Å². The second kappa shape index (κ2) is 4.09. The van der Waals surface area contributed by atoms with Crippen molar-refractivity contribution in [2.75, 3.05) is 5.73 Å². The topological polar surface area (TPSA) is 48.1 Å². The normalized spacial score (nSPS) is 29.2. The molecule has 1 heterocycles. The Labute approximate surface area is 124 Å². The Morgan fingerprint density at radius 2 is 2.16 bits per heavy atom. The summed E-state index contributed by atoms with van der Waals surface area (Å²) in [4.78, 5) is 4.33. The maximum atomic E-state index is 6.36. The van der Waals surface area contributed by atoms with Crippen LogP contribution < -0.4 is 10.5 Å². The van der Waals surface area contributed by atoms with Crippen molar-refractivity contribution in [1.82, 2.24) is 4.98 Å². The van der Waals surface area contributed by atoms with E-state index in [-0.39, 0.29) is 5.60 Å². The summed E-state index contributed by atoms with van der Waals surface area (Å²) in [5.41, 5.74) is 6.82. The number of nitrogen functional groups attached to an aromatic ring is 1. The molecule has 19 heavy (non-hydrogen) atoms. The molecule has 4 rings (SSSR count). The van der Waals surface area contributed by atoms with E-state index in [0.29, 0.717) is 5.13 Å². The quantitative estimate of drug-likeness (QED) is 0.885. The highest BCUT2D eigenvalue weighted by molar-refractivity contribution is 9.10. The van der Waals surface area contributed by atoms with E-state index in [9.17, 15) is 0 Å². The molecule has 2 fully saturated rings. The molecule has 2 bridgehead atoms. The predicted octanol–water partition coefficient (Wildman–Crippen LogP) is 4.35. The molecule has 5 heteroatoms. The zero-order chi connectivity index (χ0) is 13.0. The Kier molecular flexibility index (Phi) is 2.58. The van der Waals surface area contributed by atoms with Crippen LogP contribution in [0.4, 0.5) is 5.13 Å². The molecule has 2 aromatic rings. The van der Waals surface area contributed by atoms with E-state index in [1.165, 1.54) is 43.4 Å². The molecule has 0 amide bonds. The minimum atomic E-state index is 0.105. The van der Waals surface area contributed by atoms with Crippen LogP contribution in [-0.2, 0) is 0 Å². The molecule has 0 unspecified atom stereocenters. The number of ether oxygens (including phenoxy) is 1. The molecule has 2 saturated carbocycles. The zero-order valence-corrected chi connectivity index (χ0v) is 12.9. The lowest BCUT2D eigenvalue weighted by Gasteiger charge is -2.28. The van der Waals surface area contributed by atoms with Crippen molar-refractivity contribution < 1.29 is 4.74 Å². The largest absolute Gasteiger partial charge is 0.487 e. The number of nitrogens with zero attached hydrogens (tertiary/aromatic N) is 1. The second-order valence-corrected chi connectivity index (χ2v) is 7.65. The lowest BCUT2D eigenvalue weighted by molar-refractivity contribution is 0.0804. The minimum absolute atomic E-state index is 0.105. The first-order valence-corrected chi connectivity index (χ1v) is 8.29. The summed E-state index contributed by atoms with van der Waals surface area (Å²) in [7, 11) is 0. The van der Waals surface area contributed by atoms with Gasteiger partial charge in [0.05, 0.1) is 10.2 Å².